The SMILES string of the molecule is O=C(O)C1CCCc2sc(NC3CCOC3C3CC3)nc21. The van der Waals surface area contributed by atoms with Crippen molar-refractivity contribution in [3.63, 3.8) is 0 Å². The number of carboxylic acid groups (broad SMARTS) is 1. The van der Waals surface area contributed by atoms with E-state index < -0.39 is 11.9 Å². The predicted molar refractivity (Wildman–Crippen MR) is 79.9 cm³/mol. The molecule has 4 rings (SSSR count). The summed E-state index contributed by atoms with van der Waals surface area (Å²) in [6.45, 7) is 0.821. The predicted octanol–water partition coefficient (Wildman–Crippen LogP) is 2.63. The maximum atomic E-state index is 11.3. The first-order valence-electron chi connectivity index (χ1n) is 7.83. The minimum absolute atomic E-state index is 0.321. The number of aryl methyl sites for hydroxylation is 1. The molecule has 1 saturated carbocycles. The third kappa shape index (κ3) is 2.55. The molecule has 114 valence electrons. The van der Waals surface area contributed by atoms with Gasteiger partial charge in [0, 0.05) is 11.5 Å². The summed E-state index contributed by atoms with van der Waals surface area (Å²) in [7, 11) is 0. The van der Waals surface area contributed by atoms with Gasteiger partial charge < -0.3 is 15.2 Å². The highest BCUT2D eigenvalue weighted by molar-refractivity contribution is 7.15. The van der Waals surface area contributed by atoms with E-state index >= 15 is 0 Å². The molecular formula is C15H20N2O3S. The molecule has 1 aliphatic heterocycles. The second kappa shape index (κ2) is 5.25. The van der Waals surface area contributed by atoms with Crippen LogP contribution in [-0.2, 0) is 16.0 Å². The van der Waals surface area contributed by atoms with Gasteiger partial charge in [0.2, 0.25) is 0 Å². The average Bonchev–Trinajstić information content (AvgIpc) is 3.06. The number of carbonyl (C=O) groups is 1. The van der Waals surface area contributed by atoms with Gasteiger partial charge in [0.15, 0.2) is 5.13 Å². The molecule has 0 spiro atoms. The Balaban J connectivity index is 1.52. The Morgan fingerprint density at radius 3 is 2.95 bits per heavy atom. The van der Waals surface area contributed by atoms with Gasteiger partial charge in [0.25, 0.3) is 0 Å². The number of fused-ring (bicyclic) bond motifs is 1. The molecule has 3 unspecified atom stereocenters. The number of nitrogens with one attached hydrogen (secondary N) is 1. The van der Waals surface area contributed by atoms with E-state index in [-0.39, 0.29) is 0 Å². The normalized spacial score (nSPS) is 31.9. The Morgan fingerprint density at radius 1 is 1.33 bits per heavy atom. The lowest BCUT2D eigenvalue weighted by Crippen LogP contribution is -2.30. The zero-order valence-electron chi connectivity index (χ0n) is 11.9. The zero-order chi connectivity index (χ0) is 14.4. The molecular weight excluding hydrogens is 288 g/mol. The number of hydrogen-bond acceptors (Lipinski definition) is 5. The summed E-state index contributed by atoms with van der Waals surface area (Å²) in [6.07, 6.45) is 6.52. The smallest absolute Gasteiger partial charge is 0.312 e. The maximum absolute atomic E-state index is 11.3. The molecule has 2 heterocycles. The van der Waals surface area contributed by atoms with Crippen LogP contribution in [0.4, 0.5) is 5.13 Å². The molecule has 3 atom stereocenters. The molecule has 6 heteroatoms. The molecule has 21 heavy (non-hydrogen) atoms. The number of hydrogen-bond donors (Lipinski definition) is 2. The highest BCUT2D eigenvalue weighted by Gasteiger charge is 2.41. The molecule has 0 radical (unpaired) electrons. The first-order valence-corrected chi connectivity index (χ1v) is 8.64. The lowest BCUT2D eigenvalue weighted by atomic mass is 9.91. The fourth-order valence-electron chi connectivity index (χ4n) is 3.53. The van der Waals surface area contributed by atoms with Gasteiger partial charge >= 0.3 is 5.97 Å². The van der Waals surface area contributed by atoms with Gasteiger partial charge in [-0.25, -0.2) is 4.98 Å². The van der Waals surface area contributed by atoms with Crippen molar-refractivity contribution in [2.24, 2.45) is 5.92 Å². The number of thiazole rings is 1. The standard InChI is InChI=1S/C15H20N2O3S/c18-14(19)9-2-1-3-11-12(9)17-15(21-11)16-10-6-7-20-13(10)8-4-5-8/h8-10,13H,1-7H2,(H,16,17)(H,18,19). The quantitative estimate of drug-likeness (QED) is 0.894. The number of nitrogens with zero attached hydrogens (tertiary/aromatic N) is 1. The molecule has 0 bridgehead atoms. The molecule has 3 aliphatic rings. The van der Waals surface area contributed by atoms with Crippen LogP contribution in [0.2, 0.25) is 0 Å². The van der Waals surface area contributed by atoms with Crippen molar-refractivity contribution in [1.82, 2.24) is 4.98 Å². The fourth-order valence-corrected chi connectivity index (χ4v) is 4.66. The van der Waals surface area contributed by atoms with E-state index in [2.05, 4.69) is 10.3 Å². The van der Waals surface area contributed by atoms with Crippen LogP contribution in [0.25, 0.3) is 0 Å². The molecule has 0 amide bonds. The van der Waals surface area contributed by atoms with Crippen molar-refractivity contribution in [2.45, 2.75) is 56.6 Å². The van der Waals surface area contributed by atoms with Gasteiger partial charge in [-0.15, -0.1) is 11.3 Å². The zero-order valence-corrected chi connectivity index (χ0v) is 12.7. The van der Waals surface area contributed by atoms with Crippen molar-refractivity contribution in [3.8, 4) is 0 Å². The van der Waals surface area contributed by atoms with E-state index in [4.69, 9.17) is 4.74 Å². The lowest BCUT2D eigenvalue weighted by Gasteiger charge is -2.18. The number of carboxylic acids is 1. The highest BCUT2D eigenvalue weighted by Crippen LogP contribution is 2.41. The Labute approximate surface area is 127 Å². The molecule has 5 nitrogen and oxygen atoms in total. The molecule has 2 N–H and O–H groups in total. The minimum atomic E-state index is -0.743. The second-order valence-electron chi connectivity index (χ2n) is 6.32. The summed E-state index contributed by atoms with van der Waals surface area (Å²) < 4.78 is 5.84. The molecule has 0 aromatic carbocycles. The third-order valence-corrected chi connectivity index (χ3v) is 5.85. The summed E-state index contributed by atoms with van der Waals surface area (Å²) in [5.74, 6) is -0.446. The molecule has 1 aromatic rings. The van der Waals surface area contributed by atoms with Crippen LogP contribution in [0, 0.1) is 5.92 Å². The van der Waals surface area contributed by atoms with E-state index in [9.17, 15) is 9.90 Å². The Bertz CT molecular complexity index is 555. The maximum Gasteiger partial charge on any atom is 0.312 e. The third-order valence-electron chi connectivity index (χ3n) is 4.78. The second-order valence-corrected chi connectivity index (χ2v) is 7.41. The number of anilines is 1. The van der Waals surface area contributed by atoms with Crippen molar-refractivity contribution in [3.05, 3.63) is 10.6 Å². The van der Waals surface area contributed by atoms with Crippen molar-refractivity contribution >= 4 is 22.4 Å². The van der Waals surface area contributed by atoms with E-state index in [1.807, 2.05) is 0 Å². The van der Waals surface area contributed by atoms with Crippen LogP contribution in [0.1, 0.15) is 48.6 Å². The Kier molecular flexibility index (Phi) is 3.38. The number of aromatic nitrogens is 1. The first-order chi connectivity index (χ1) is 10.2. The number of aliphatic carboxylic acids is 1. The first kappa shape index (κ1) is 13.5. The van der Waals surface area contributed by atoms with E-state index in [0.717, 1.165) is 41.6 Å². The number of rotatable bonds is 4. The topological polar surface area (TPSA) is 71.5 Å². The van der Waals surface area contributed by atoms with E-state index in [1.165, 1.54) is 12.8 Å². The van der Waals surface area contributed by atoms with Gasteiger partial charge in [-0.2, -0.15) is 0 Å². The largest absolute Gasteiger partial charge is 0.481 e. The van der Waals surface area contributed by atoms with Crippen molar-refractivity contribution < 1.29 is 14.6 Å². The number of ether oxygens (including phenoxy) is 1. The molecule has 1 saturated heterocycles. The van der Waals surface area contributed by atoms with Crippen LogP contribution in [-0.4, -0.2) is 34.8 Å². The monoisotopic (exact) mass is 308 g/mol. The molecule has 2 aliphatic carbocycles. The van der Waals surface area contributed by atoms with Crippen molar-refractivity contribution in [2.75, 3.05) is 11.9 Å². The van der Waals surface area contributed by atoms with Crippen LogP contribution < -0.4 is 5.32 Å². The Hall–Kier alpha value is -1.14. The summed E-state index contributed by atoms with van der Waals surface area (Å²) in [6, 6.07) is 0.341. The molecule has 2 fully saturated rings. The van der Waals surface area contributed by atoms with Gasteiger partial charge in [-0.05, 0) is 44.4 Å². The summed E-state index contributed by atoms with van der Waals surface area (Å²) in [5.41, 5.74) is 0.795. The van der Waals surface area contributed by atoms with Gasteiger partial charge in [0.05, 0.1) is 17.8 Å². The van der Waals surface area contributed by atoms with E-state index in [0.29, 0.717) is 24.5 Å². The van der Waals surface area contributed by atoms with Crippen LogP contribution in [0.3, 0.4) is 0 Å². The summed E-state index contributed by atoms with van der Waals surface area (Å²) in [4.78, 5) is 17.1. The van der Waals surface area contributed by atoms with Gasteiger partial charge in [-0.1, -0.05) is 0 Å². The van der Waals surface area contributed by atoms with Gasteiger partial charge in [0.1, 0.15) is 5.92 Å². The van der Waals surface area contributed by atoms with Crippen LogP contribution >= 0.6 is 11.3 Å². The summed E-state index contributed by atoms with van der Waals surface area (Å²) in [5, 5.41) is 13.7. The van der Waals surface area contributed by atoms with Gasteiger partial charge in [-0.3, -0.25) is 4.79 Å². The average molecular weight is 308 g/mol. The Morgan fingerprint density at radius 2 is 2.19 bits per heavy atom. The molecule has 1 aromatic heterocycles. The lowest BCUT2D eigenvalue weighted by molar-refractivity contribution is -0.139. The summed E-state index contributed by atoms with van der Waals surface area (Å²) >= 11 is 1.64. The van der Waals surface area contributed by atoms with Crippen LogP contribution in [0.5, 0.6) is 0 Å². The minimum Gasteiger partial charge on any atom is -0.481 e. The van der Waals surface area contributed by atoms with Crippen LogP contribution in [0.15, 0.2) is 0 Å². The fraction of sp³-hybridized carbons (Fsp3) is 0.733. The van der Waals surface area contributed by atoms with Crippen molar-refractivity contribution in [1.29, 1.82) is 0 Å². The highest BCUT2D eigenvalue weighted by atomic mass is 32.1. The van der Waals surface area contributed by atoms with E-state index in [1.54, 1.807) is 11.3 Å².